The maximum absolute atomic E-state index is 3.38. The molecule has 0 bridgehead atoms. The van der Waals surface area contributed by atoms with Crippen molar-refractivity contribution < 1.29 is 0 Å². The van der Waals surface area contributed by atoms with E-state index in [1.165, 1.54) is 66.4 Å². The first-order valence-electron chi connectivity index (χ1n) is 13.2. The van der Waals surface area contributed by atoms with Crippen molar-refractivity contribution in [1.29, 1.82) is 0 Å². The van der Waals surface area contributed by atoms with Crippen molar-refractivity contribution in [3.05, 3.63) is 167 Å². The Morgan fingerprint density at radius 2 is 0.921 bits per heavy atom. The normalized spacial score (nSPS) is 17.1. The molecule has 1 spiro atoms. The van der Waals surface area contributed by atoms with Crippen LogP contribution >= 0.6 is 0 Å². The summed E-state index contributed by atoms with van der Waals surface area (Å²) in [5, 5.41) is 2.61. The second kappa shape index (κ2) is 8.06. The van der Waals surface area contributed by atoms with Crippen molar-refractivity contribution in [2.24, 2.45) is 5.41 Å². The predicted octanol–water partition coefficient (Wildman–Crippen LogP) is 9.39. The van der Waals surface area contributed by atoms with E-state index in [2.05, 4.69) is 151 Å². The van der Waals surface area contributed by atoms with E-state index in [1.54, 1.807) is 0 Å². The third-order valence-electron chi connectivity index (χ3n) is 8.23. The molecule has 0 unspecified atom stereocenters. The predicted molar refractivity (Wildman–Crippen MR) is 161 cm³/mol. The third kappa shape index (κ3) is 2.99. The highest BCUT2D eigenvalue weighted by Gasteiger charge is 2.43. The lowest BCUT2D eigenvalue weighted by Gasteiger charge is -2.36. The Bertz CT molecular complexity index is 1820. The molecule has 5 aromatic rings. The van der Waals surface area contributed by atoms with Crippen LogP contribution in [-0.2, 0) is 0 Å². The van der Waals surface area contributed by atoms with Gasteiger partial charge in [-0.3, -0.25) is 0 Å². The number of aromatic nitrogens is 1. The number of hydrogen-bond donors (Lipinski definition) is 1. The fourth-order valence-corrected chi connectivity index (χ4v) is 6.49. The maximum Gasteiger partial charge on any atom is 0.0581 e. The molecule has 38 heavy (non-hydrogen) atoms. The van der Waals surface area contributed by atoms with E-state index >= 15 is 0 Å². The summed E-state index contributed by atoms with van der Waals surface area (Å²) in [6.07, 6.45) is 18.4. The Morgan fingerprint density at radius 1 is 0.474 bits per heavy atom. The zero-order chi connectivity index (χ0) is 25.1. The van der Waals surface area contributed by atoms with Crippen molar-refractivity contribution in [2.45, 2.75) is 0 Å². The molecule has 4 aromatic carbocycles. The Labute approximate surface area is 222 Å². The topological polar surface area (TPSA) is 15.8 Å². The van der Waals surface area contributed by atoms with Crippen molar-refractivity contribution >= 4 is 45.1 Å². The Hall–Kier alpha value is -4.88. The average Bonchev–Trinajstić information content (AvgIpc) is 3.66. The molecule has 0 aliphatic heterocycles. The summed E-state index contributed by atoms with van der Waals surface area (Å²) in [7, 11) is 0. The first-order chi connectivity index (χ1) is 18.8. The van der Waals surface area contributed by atoms with Gasteiger partial charge in [0.2, 0.25) is 0 Å². The van der Waals surface area contributed by atoms with Crippen LogP contribution in [-0.4, -0.2) is 4.98 Å². The highest BCUT2D eigenvalue weighted by Crippen LogP contribution is 2.58. The van der Waals surface area contributed by atoms with E-state index in [-0.39, 0.29) is 5.41 Å². The summed E-state index contributed by atoms with van der Waals surface area (Å²) < 4.78 is 0. The minimum absolute atomic E-state index is 0.161. The van der Waals surface area contributed by atoms with Crippen LogP contribution in [0.2, 0.25) is 0 Å². The van der Waals surface area contributed by atoms with Crippen LogP contribution in [0.15, 0.2) is 145 Å². The Morgan fingerprint density at radius 3 is 1.45 bits per heavy atom. The third-order valence-corrected chi connectivity index (χ3v) is 8.23. The summed E-state index contributed by atoms with van der Waals surface area (Å²) in [6.45, 7) is 0. The van der Waals surface area contributed by atoms with Crippen molar-refractivity contribution in [1.82, 2.24) is 4.98 Å². The molecular weight excluding hydrogens is 458 g/mol. The van der Waals surface area contributed by atoms with Gasteiger partial charge in [-0.05, 0) is 68.8 Å². The molecule has 0 saturated carbocycles. The van der Waals surface area contributed by atoms with E-state index in [0.29, 0.717) is 0 Å². The fourth-order valence-electron chi connectivity index (χ4n) is 6.49. The van der Waals surface area contributed by atoms with Gasteiger partial charge in [-0.15, -0.1) is 0 Å². The average molecular weight is 484 g/mol. The minimum Gasteiger partial charge on any atom is -0.355 e. The minimum atomic E-state index is -0.161. The fraction of sp³-hybridized carbons (Fsp3) is 0.0270. The number of nitrogens with one attached hydrogen (secondary N) is 1. The summed E-state index contributed by atoms with van der Waals surface area (Å²) >= 11 is 0. The van der Waals surface area contributed by atoms with Gasteiger partial charge in [-0.2, -0.15) is 0 Å². The highest BCUT2D eigenvalue weighted by atomic mass is 14.7. The molecule has 1 heterocycles. The van der Waals surface area contributed by atoms with Gasteiger partial charge in [0, 0.05) is 21.8 Å². The van der Waals surface area contributed by atoms with Gasteiger partial charge >= 0.3 is 0 Å². The molecule has 178 valence electrons. The van der Waals surface area contributed by atoms with E-state index in [4.69, 9.17) is 0 Å². The van der Waals surface area contributed by atoms with Crippen LogP contribution in [0.3, 0.4) is 0 Å². The SMILES string of the molecule is C1=CC2(C=CC=C3C2=Cc2ccccc23)C2=Cc3ccccc3C2=C1.c1ccc2c(c1)[nH]c1ccccc12. The van der Waals surface area contributed by atoms with Crippen LogP contribution in [0.4, 0.5) is 0 Å². The van der Waals surface area contributed by atoms with Gasteiger partial charge in [-0.25, -0.2) is 0 Å². The van der Waals surface area contributed by atoms with Gasteiger partial charge in [0.05, 0.1) is 5.41 Å². The molecule has 1 heteroatoms. The van der Waals surface area contributed by atoms with Crippen LogP contribution < -0.4 is 0 Å². The van der Waals surface area contributed by atoms with E-state index < -0.39 is 0 Å². The number of para-hydroxylation sites is 2. The van der Waals surface area contributed by atoms with Gasteiger partial charge in [0.15, 0.2) is 0 Å². The lowest BCUT2D eigenvalue weighted by atomic mass is 9.65. The number of fused-ring (bicyclic) bond motifs is 11. The zero-order valence-electron chi connectivity index (χ0n) is 20.9. The zero-order valence-corrected chi connectivity index (χ0v) is 20.9. The summed E-state index contributed by atoms with van der Waals surface area (Å²) in [5.74, 6) is 0. The second-order valence-corrected chi connectivity index (χ2v) is 10.3. The Balaban J connectivity index is 0.000000145. The molecule has 4 aliphatic carbocycles. The summed E-state index contributed by atoms with van der Waals surface area (Å²) in [5.41, 5.74) is 13.1. The first kappa shape index (κ1) is 21.2. The van der Waals surface area contributed by atoms with Crippen molar-refractivity contribution in [2.75, 3.05) is 0 Å². The molecule has 4 aliphatic rings. The monoisotopic (exact) mass is 483 g/mol. The number of rotatable bonds is 0. The quantitative estimate of drug-likeness (QED) is 0.226. The number of allylic oxidation sites excluding steroid dienone is 10. The molecule has 1 N–H and O–H groups in total. The molecule has 1 aromatic heterocycles. The van der Waals surface area contributed by atoms with E-state index in [9.17, 15) is 0 Å². The number of hydrogen-bond acceptors (Lipinski definition) is 0. The van der Waals surface area contributed by atoms with Crippen LogP contribution in [0, 0.1) is 5.41 Å². The lowest BCUT2D eigenvalue weighted by molar-refractivity contribution is 0.754. The van der Waals surface area contributed by atoms with E-state index in [1.807, 2.05) is 0 Å². The van der Waals surface area contributed by atoms with Gasteiger partial charge in [-0.1, -0.05) is 121 Å². The van der Waals surface area contributed by atoms with Gasteiger partial charge in [0.1, 0.15) is 0 Å². The summed E-state index contributed by atoms with van der Waals surface area (Å²) in [6, 6.07) is 34.2. The summed E-state index contributed by atoms with van der Waals surface area (Å²) in [4.78, 5) is 3.38. The van der Waals surface area contributed by atoms with Crippen molar-refractivity contribution in [3.63, 3.8) is 0 Å². The first-order valence-corrected chi connectivity index (χ1v) is 13.2. The molecule has 0 amide bonds. The molecule has 0 atom stereocenters. The standard InChI is InChI=1S/C25H16.C12H9N/c1-3-9-19-17(7-1)15-23-21(19)11-5-13-25(23)14-6-12-22-20-10-4-2-8-18(20)16-24(22)25;1-3-7-11-9(5-1)10-6-2-4-8-12(10)13-11/h1-16H;1-8,13H. The molecule has 1 nitrogen and oxygen atoms in total. The number of H-pyrrole nitrogens is 1. The lowest BCUT2D eigenvalue weighted by Crippen LogP contribution is -2.24. The maximum atomic E-state index is 3.38. The van der Waals surface area contributed by atoms with Crippen LogP contribution in [0.5, 0.6) is 0 Å². The second-order valence-electron chi connectivity index (χ2n) is 10.3. The largest absolute Gasteiger partial charge is 0.355 e. The van der Waals surface area contributed by atoms with Gasteiger partial charge < -0.3 is 4.98 Å². The molecular formula is C37H25N. The number of aromatic amines is 1. The molecule has 0 fully saturated rings. The van der Waals surface area contributed by atoms with Gasteiger partial charge in [0.25, 0.3) is 0 Å². The Kier molecular flexibility index (Phi) is 4.50. The smallest absolute Gasteiger partial charge is 0.0581 e. The highest BCUT2D eigenvalue weighted by molar-refractivity contribution is 6.07. The van der Waals surface area contributed by atoms with Crippen molar-refractivity contribution in [3.8, 4) is 0 Å². The number of benzene rings is 4. The van der Waals surface area contributed by atoms with E-state index in [0.717, 1.165) is 0 Å². The molecule has 9 rings (SSSR count). The van der Waals surface area contributed by atoms with Crippen LogP contribution in [0.1, 0.15) is 22.3 Å². The molecule has 0 radical (unpaired) electrons. The van der Waals surface area contributed by atoms with Crippen LogP contribution in [0.25, 0.3) is 45.1 Å². The molecule has 0 saturated heterocycles.